The number of hydrogen-bond acceptors (Lipinski definition) is 6. The van der Waals surface area contributed by atoms with Gasteiger partial charge in [-0.15, -0.1) is 0 Å². The molecule has 0 saturated carbocycles. The number of allylic oxidation sites excluding steroid dienone is 3. The first-order valence-electron chi connectivity index (χ1n) is 11.0. The van der Waals surface area contributed by atoms with Gasteiger partial charge in [-0.1, -0.05) is 5.92 Å². The van der Waals surface area contributed by atoms with Crippen molar-refractivity contribution in [3.05, 3.63) is 76.9 Å². The standard InChI is InChI=1S/C26H22F7N5O2/c1-15(35)10-19(36)4-3-9-37-14-16(13-34)21-11-17(25(28,29)30)12-22(26(31,32)33)23(21)40-24(39)38(2)20-7-5-18(27)6-8-20/h5-8,10-14,36H,9,34-35H2,1-2H3/b15-10-,16-13+,36-19?,37-14?. The fraction of sp³-hybridized carbons (Fsp3) is 0.192. The van der Waals surface area contributed by atoms with Gasteiger partial charge < -0.3 is 16.2 Å². The van der Waals surface area contributed by atoms with Gasteiger partial charge >= 0.3 is 18.4 Å². The summed E-state index contributed by atoms with van der Waals surface area (Å²) < 4.78 is 101. The van der Waals surface area contributed by atoms with Crippen molar-refractivity contribution >= 4 is 29.3 Å². The van der Waals surface area contributed by atoms with Crippen LogP contribution in [0.15, 0.2) is 59.4 Å². The lowest BCUT2D eigenvalue weighted by molar-refractivity contribution is -0.143. The van der Waals surface area contributed by atoms with Crippen LogP contribution in [-0.2, 0) is 12.4 Å². The minimum Gasteiger partial charge on any atom is -0.409 e. The first-order valence-corrected chi connectivity index (χ1v) is 11.0. The maximum absolute atomic E-state index is 14.0. The minimum atomic E-state index is -5.39. The Morgan fingerprint density at radius 3 is 2.27 bits per heavy atom. The van der Waals surface area contributed by atoms with E-state index in [-0.39, 0.29) is 24.0 Å². The molecular formula is C26H22F7N5O2. The number of hydrogen-bond donors (Lipinski definition) is 3. The van der Waals surface area contributed by atoms with Gasteiger partial charge in [0.2, 0.25) is 0 Å². The highest BCUT2D eigenvalue weighted by Crippen LogP contribution is 2.44. The number of carbonyl (C=O) groups excluding carboxylic acids is 1. The van der Waals surface area contributed by atoms with Crippen molar-refractivity contribution < 1.29 is 40.3 Å². The number of amides is 1. The summed E-state index contributed by atoms with van der Waals surface area (Å²) in [5.74, 6) is 2.93. The zero-order chi connectivity index (χ0) is 30.3. The van der Waals surface area contributed by atoms with E-state index in [9.17, 15) is 35.5 Å². The molecule has 0 atom stereocenters. The molecule has 0 unspecified atom stereocenters. The number of nitrogens with zero attached hydrogens (tertiary/aromatic N) is 2. The number of ether oxygens (including phenoxy) is 1. The van der Waals surface area contributed by atoms with Gasteiger partial charge in [0.25, 0.3) is 0 Å². The van der Waals surface area contributed by atoms with Gasteiger partial charge in [0.05, 0.1) is 11.1 Å². The van der Waals surface area contributed by atoms with Crippen LogP contribution in [-0.4, -0.2) is 31.6 Å². The number of benzene rings is 2. The number of nitrogens with one attached hydrogen (secondary N) is 1. The van der Waals surface area contributed by atoms with Gasteiger partial charge in [-0.05, 0) is 55.3 Å². The third-order valence-electron chi connectivity index (χ3n) is 4.89. The fourth-order valence-electron chi connectivity index (χ4n) is 3.04. The van der Waals surface area contributed by atoms with Gasteiger partial charge in [-0.3, -0.25) is 15.3 Å². The minimum absolute atomic E-state index is 0.0217. The Bertz CT molecular complexity index is 1410. The predicted molar refractivity (Wildman–Crippen MR) is 136 cm³/mol. The van der Waals surface area contributed by atoms with Crippen LogP contribution in [0.5, 0.6) is 5.75 Å². The topological polar surface area (TPSA) is 118 Å². The molecule has 0 aliphatic carbocycles. The molecule has 212 valence electrons. The molecule has 2 aromatic rings. The average Bonchev–Trinajstić information content (AvgIpc) is 2.84. The van der Waals surface area contributed by atoms with E-state index in [0.29, 0.717) is 18.0 Å². The lowest BCUT2D eigenvalue weighted by Gasteiger charge is -2.22. The first kappa shape index (κ1) is 31.4. The fourth-order valence-corrected chi connectivity index (χ4v) is 3.04. The van der Waals surface area contributed by atoms with E-state index in [1.54, 1.807) is 0 Å². The molecule has 0 aliphatic heterocycles. The van der Waals surface area contributed by atoms with E-state index >= 15 is 0 Å². The number of carbonyl (C=O) groups is 1. The van der Waals surface area contributed by atoms with Crippen LogP contribution in [0, 0.1) is 23.1 Å². The Labute approximate surface area is 224 Å². The van der Waals surface area contributed by atoms with Gasteiger partial charge in [0.1, 0.15) is 18.1 Å². The first-order chi connectivity index (χ1) is 18.5. The SMILES string of the molecule is C/C(N)=C/C(=N)C#CCN=C/C(=C\N)c1cc(C(F)(F)F)cc(C(F)(F)F)c1OC(=O)N(C)c1ccc(F)cc1. The average molecular weight is 569 g/mol. The number of anilines is 1. The summed E-state index contributed by atoms with van der Waals surface area (Å²) in [5, 5.41) is 7.58. The van der Waals surface area contributed by atoms with Crippen molar-refractivity contribution in [2.75, 3.05) is 18.5 Å². The highest BCUT2D eigenvalue weighted by Gasteiger charge is 2.41. The monoisotopic (exact) mass is 569 g/mol. The molecule has 7 nitrogen and oxygen atoms in total. The third-order valence-corrected chi connectivity index (χ3v) is 4.89. The number of alkyl halides is 6. The molecule has 0 bridgehead atoms. The largest absolute Gasteiger partial charge is 0.420 e. The molecule has 0 fully saturated rings. The lowest BCUT2D eigenvalue weighted by Crippen LogP contribution is -2.30. The summed E-state index contributed by atoms with van der Waals surface area (Å²) in [5.41, 5.74) is 6.23. The summed E-state index contributed by atoms with van der Waals surface area (Å²) >= 11 is 0. The van der Waals surface area contributed by atoms with Crippen LogP contribution in [0.4, 0.5) is 41.2 Å². The highest BCUT2D eigenvalue weighted by molar-refractivity contribution is 6.11. The van der Waals surface area contributed by atoms with Crippen molar-refractivity contribution in [3.63, 3.8) is 0 Å². The molecule has 0 heterocycles. The molecule has 0 spiro atoms. The van der Waals surface area contributed by atoms with E-state index in [1.807, 2.05) is 0 Å². The molecular weight excluding hydrogens is 547 g/mol. The summed E-state index contributed by atoms with van der Waals surface area (Å²) in [6, 6.07) is 4.37. The van der Waals surface area contributed by atoms with E-state index < -0.39 is 52.3 Å². The molecule has 14 heteroatoms. The van der Waals surface area contributed by atoms with Gasteiger partial charge in [0.15, 0.2) is 5.75 Å². The van der Waals surface area contributed by atoms with E-state index in [0.717, 1.165) is 42.4 Å². The number of nitrogens with two attached hydrogens (primary N) is 2. The molecule has 1 amide bonds. The van der Waals surface area contributed by atoms with Crippen LogP contribution in [0.3, 0.4) is 0 Å². The van der Waals surface area contributed by atoms with E-state index in [2.05, 4.69) is 16.8 Å². The summed E-state index contributed by atoms with van der Waals surface area (Å²) in [6.45, 7) is 1.21. The quantitative estimate of drug-likeness (QED) is 0.233. The zero-order valence-electron chi connectivity index (χ0n) is 20.9. The molecule has 2 rings (SSSR count). The van der Waals surface area contributed by atoms with Gasteiger partial charge in [-0.25, -0.2) is 9.18 Å². The van der Waals surface area contributed by atoms with Crippen molar-refractivity contribution in [2.24, 2.45) is 16.5 Å². The van der Waals surface area contributed by atoms with Crippen molar-refractivity contribution in [1.82, 2.24) is 0 Å². The van der Waals surface area contributed by atoms with Crippen LogP contribution in [0.2, 0.25) is 0 Å². The van der Waals surface area contributed by atoms with Crippen LogP contribution in [0.1, 0.15) is 23.6 Å². The molecule has 40 heavy (non-hydrogen) atoms. The maximum atomic E-state index is 14.0. The summed E-state index contributed by atoms with van der Waals surface area (Å²) in [7, 11) is 1.10. The lowest BCUT2D eigenvalue weighted by atomic mass is 9.98. The third kappa shape index (κ3) is 8.62. The molecule has 0 saturated heterocycles. The van der Waals surface area contributed by atoms with E-state index in [1.165, 1.54) is 13.0 Å². The summed E-state index contributed by atoms with van der Waals surface area (Å²) in [6.07, 6.45) is -9.24. The second kappa shape index (κ2) is 12.8. The predicted octanol–water partition coefficient (Wildman–Crippen LogP) is 5.75. The van der Waals surface area contributed by atoms with Crippen molar-refractivity contribution in [3.8, 4) is 17.6 Å². The molecule has 5 N–H and O–H groups in total. The Balaban J connectivity index is 2.60. The molecule has 2 aromatic carbocycles. The van der Waals surface area contributed by atoms with Crippen LogP contribution >= 0.6 is 0 Å². The van der Waals surface area contributed by atoms with Gasteiger partial charge in [0, 0.05) is 42.0 Å². The normalized spacial score (nSPS) is 12.6. The highest BCUT2D eigenvalue weighted by atomic mass is 19.4. The van der Waals surface area contributed by atoms with Crippen molar-refractivity contribution in [1.29, 1.82) is 5.41 Å². The summed E-state index contributed by atoms with van der Waals surface area (Å²) in [4.78, 5) is 17.3. The zero-order valence-corrected chi connectivity index (χ0v) is 20.9. The second-order valence-corrected chi connectivity index (χ2v) is 8.00. The molecule has 0 radical (unpaired) electrons. The maximum Gasteiger partial charge on any atom is 0.420 e. The Kier molecular flexibility index (Phi) is 10.1. The number of rotatable bonds is 6. The van der Waals surface area contributed by atoms with E-state index in [4.69, 9.17) is 21.6 Å². The van der Waals surface area contributed by atoms with Crippen LogP contribution < -0.4 is 21.1 Å². The smallest absolute Gasteiger partial charge is 0.409 e. The van der Waals surface area contributed by atoms with Crippen molar-refractivity contribution in [2.45, 2.75) is 19.3 Å². The Morgan fingerprint density at radius 1 is 1.12 bits per heavy atom. The number of aliphatic imine (C=N–C) groups is 1. The number of halogens is 7. The van der Waals surface area contributed by atoms with Crippen LogP contribution in [0.25, 0.3) is 5.57 Å². The Morgan fingerprint density at radius 2 is 1.75 bits per heavy atom. The molecule has 0 aliphatic rings. The molecule has 0 aromatic heterocycles. The van der Waals surface area contributed by atoms with Gasteiger partial charge in [-0.2, -0.15) is 26.3 Å². The Hall–Kier alpha value is -4.80. The second-order valence-electron chi connectivity index (χ2n) is 8.00.